The summed E-state index contributed by atoms with van der Waals surface area (Å²) in [6.07, 6.45) is 8.91. The third kappa shape index (κ3) is 6.72. The topological polar surface area (TPSA) is 96.0 Å². The smallest absolute Gasteiger partial charge is 0.338 e. The second kappa shape index (κ2) is 12.3. The molecule has 0 N–H and O–H groups in total. The van der Waals surface area contributed by atoms with Gasteiger partial charge in [0.05, 0.1) is 53.8 Å². The molecule has 2 fully saturated rings. The molecule has 45 heavy (non-hydrogen) atoms. The lowest BCUT2D eigenvalue weighted by Crippen LogP contribution is -2.35. The maximum Gasteiger partial charge on any atom is 0.338 e. The van der Waals surface area contributed by atoms with Crippen molar-refractivity contribution in [2.45, 2.75) is 77.4 Å². The van der Waals surface area contributed by atoms with Crippen LogP contribution >= 0.6 is 0 Å². The van der Waals surface area contributed by atoms with Crippen LogP contribution < -0.4 is 4.74 Å². The van der Waals surface area contributed by atoms with Gasteiger partial charge in [0.2, 0.25) is 5.88 Å². The van der Waals surface area contributed by atoms with Crippen molar-refractivity contribution in [3.8, 4) is 5.88 Å². The third-order valence-electron chi connectivity index (χ3n) is 8.61. The molecule has 1 unspecified atom stereocenters. The minimum absolute atomic E-state index is 0.173. The molecule has 10 heteroatoms. The first-order valence-electron chi connectivity index (χ1n) is 15.8. The summed E-state index contributed by atoms with van der Waals surface area (Å²) in [7, 11) is 0. The molecule has 7 rings (SSSR count). The van der Waals surface area contributed by atoms with Crippen LogP contribution in [0.4, 0.5) is 0 Å². The van der Waals surface area contributed by atoms with Crippen LogP contribution in [0.5, 0.6) is 5.88 Å². The predicted octanol–water partition coefficient (Wildman–Crippen LogP) is 5.78. The Balaban J connectivity index is 1.01. The van der Waals surface area contributed by atoms with E-state index in [9.17, 15) is 4.79 Å². The molecule has 2 aliphatic rings. The van der Waals surface area contributed by atoms with Gasteiger partial charge in [0.1, 0.15) is 18.0 Å². The number of ether oxygens (including phenoxy) is 3. The molecule has 1 atom stereocenters. The summed E-state index contributed by atoms with van der Waals surface area (Å²) in [6.45, 7) is 10.3. The molecule has 0 amide bonds. The van der Waals surface area contributed by atoms with Crippen LogP contribution in [0.1, 0.15) is 73.4 Å². The van der Waals surface area contributed by atoms with E-state index in [-0.39, 0.29) is 12.1 Å². The van der Waals surface area contributed by atoms with Gasteiger partial charge in [0, 0.05) is 36.0 Å². The number of fused-ring (bicyclic) bond motifs is 2. The van der Waals surface area contributed by atoms with E-state index in [1.54, 1.807) is 6.33 Å². The quantitative estimate of drug-likeness (QED) is 0.194. The summed E-state index contributed by atoms with van der Waals surface area (Å²) in [5, 5.41) is 0. The molecule has 2 saturated heterocycles. The van der Waals surface area contributed by atoms with Crippen LogP contribution in [0.25, 0.3) is 16.6 Å². The molecule has 10 nitrogen and oxygen atoms in total. The lowest BCUT2D eigenvalue weighted by atomic mass is 9.93. The summed E-state index contributed by atoms with van der Waals surface area (Å²) >= 11 is 0. The predicted molar refractivity (Wildman–Crippen MR) is 170 cm³/mol. The Bertz CT molecular complexity index is 1810. The SMILES string of the molecule is CC(C)(C)OC(=O)c1ccc2nc(CN3CCC(c4cccc(OCc5ccc6cncn6c5)n4)CC3)n(CC3CCO3)c2c1. The van der Waals surface area contributed by atoms with Gasteiger partial charge in [-0.1, -0.05) is 12.1 Å². The normalized spacial score (nSPS) is 17.9. The Kier molecular flexibility index (Phi) is 8.01. The number of carbonyl (C=O) groups is 1. The number of pyridine rings is 2. The summed E-state index contributed by atoms with van der Waals surface area (Å²) < 4.78 is 21.7. The molecule has 6 heterocycles. The Labute approximate surface area is 263 Å². The van der Waals surface area contributed by atoms with E-state index in [2.05, 4.69) is 26.6 Å². The lowest BCUT2D eigenvalue weighted by molar-refractivity contribution is -0.0592. The van der Waals surface area contributed by atoms with Crippen molar-refractivity contribution in [2.75, 3.05) is 19.7 Å². The fourth-order valence-corrected chi connectivity index (χ4v) is 6.13. The molecular formula is C35H40N6O4. The molecule has 0 spiro atoms. The molecule has 0 saturated carbocycles. The van der Waals surface area contributed by atoms with Gasteiger partial charge in [0.15, 0.2) is 0 Å². The van der Waals surface area contributed by atoms with Gasteiger partial charge < -0.3 is 23.2 Å². The van der Waals surface area contributed by atoms with Crippen LogP contribution in [0.15, 0.2) is 67.3 Å². The van der Waals surface area contributed by atoms with E-state index in [4.69, 9.17) is 24.2 Å². The van der Waals surface area contributed by atoms with E-state index >= 15 is 0 Å². The maximum absolute atomic E-state index is 12.8. The van der Waals surface area contributed by atoms with Gasteiger partial charge in [0.25, 0.3) is 0 Å². The second-order valence-electron chi connectivity index (χ2n) is 13.1. The number of hydrogen-bond acceptors (Lipinski definition) is 8. The summed E-state index contributed by atoms with van der Waals surface area (Å²) in [6, 6.07) is 15.8. The zero-order chi connectivity index (χ0) is 31.0. The number of benzene rings is 1. The number of carbonyl (C=O) groups excluding carboxylic acids is 1. The molecular weight excluding hydrogens is 568 g/mol. The number of nitrogens with zero attached hydrogens (tertiary/aromatic N) is 6. The van der Waals surface area contributed by atoms with Crippen LogP contribution in [0, 0.1) is 0 Å². The van der Waals surface area contributed by atoms with E-state index in [0.717, 1.165) is 85.7 Å². The van der Waals surface area contributed by atoms with Crippen molar-refractivity contribution < 1.29 is 19.0 Å². The number of aromatic nitrogens is 5. The van der Waals surface area contributed by atoms with Crippen molar-refractivity contribution >= 4 is 22.5 Å². The highest BCUT2D eigenvalue weighted by atomic mass is 16.6. The van der Waals surface area contributed by atoms with Gasteiger partial charge in [-0.25, -0.2) is 19.7 Å². The highest BCUT2D eigenvalue weighted by molar-refractivity contribution is 5.94. The van der Waals surface area contributed by atoms with E-state index < -0.39 is 5.60 Å². The third-order valence-corrected chi connectivity index (χ3v) is 8.61. The molecule has 0 aliphatic carbocycles. The first kappa shape index (κ1) is 29.4. The van der Waals surface area contributed by atoms with Gasteiger partial charge in [-0.2, -0.15) is 0 Å². The highest BCUT2D eigenvalue weighted by Crippen LogP contribution is 2.30. The number of rotatable bonds is 9. The number of hydrogen-bond donors (Lipinski definition) is 0. The molecule has 5 aromatic rings. The lowest BCUT2D eigenvalue weighted by Gasteiger charge is -2.32. The first-order valence-corrected chi connectivity index (χ1v) is 15.8. The minimum Gasteiger partial charge on any atom is -0.473 e. The number of esters is 1. The van der Waals surface area contributed by atoms with Crippen LogP contribution in [0.2, 0.25) is 0 Å². The fraction of sp³-hybridized carbons (Fsp3) is 0.429. The Hall–Kier alpha value is -4.28. The van der Waals surface area contributed by atoms with Gasteiger partial charge in [-0.05, 0) is 83.5 Å². The van der Waals surface area contributed by atoms with E-state index in [0.29, 0.717) is 24.0 Å². The van der Waals surface area contributed by atoms with Crippen molar-refractivity contribution in [3.63, 3.8) is 0 Å². The summed E-state index contributed by atoms with van der Waals surface area (Å²) in [5.41, 5.74) is 5.03. The minimum atomic E-state index is -0.552. The maximum atomic E-state index is 12.8. The first-order chi connectivity index (χ1) is 21.8. The van der Waals surface area contributed by atoms with Crippen molar-refractivity contribution in [2.24, 2.45) is 0 Å². The van der Waals surface area contributed by atoms with Crippen LogP contribution in [-0.2, 0) is 29.2 Å². The Morgan fingerprint density at radius 3 is 2.67 bits per heavy atom. The Morgan fingerprint density at radius 1 is 1.04 bits per heavy atom. The van der Waals surface area contributed by atoms with E-state index in [1.807, 2.05) is 74.0 Å². The number of imidazole rings is 2. The fourth-order valence-electron chi connectivity index (χ4n) is 6.13. The Morgan fingerprint density at radius 2 is 1.89 bits per heavy atom. The van der Waals surface area contributed by atoms with E-state index in [1.165, 1.54) is 0 Å². The van der Waals surface area contributed by atoms with Gasteiger partial charge >= 0.3 is 5.97 Å². The zero-order valence-electron chi connectivity index (χ0n) is 26.2. The summed E-state index contributed by atoms with van der Waals surface area (Å²) in [5.74, 6) is 1.71. The van der Waals surface area contributed by atoms with Crippen molar-refractivity contribution in [3.05, 3.63) is 89.9 Å². The number of piperidine rings is 1. The molecule has 1 aromatic carbocycles. The van der Waals surface area contributed by atoms with Crippen LogP contribution in [0.3, 0.4) is 0 Å². The number of likely N-dealkylation sites (tertiary alicyclic amines) is 1. The largest absolute Gasteiger partial charge is 0.473 e. The summed E-state index contributed by atoms with van der Waals surface area (Å²) in [4.78, 5) is 29.4. The average Bonchev–Trinajstić information content (AvgIpc) is 3.61. The van der Waals surface area contributed by atoms with Gasteiger partial charge in [-0.15, -0.1) is 0 Å². The second-order valence-corrected chi connectivity index (χ2v) is 13.1. The molecule has 2 aliphatic heterocycles. The average molecular weight is 609 g/mol. The monoisotopic (exact) mass is 608 g/mol. The standard InChI is InChI=1S/C35H40N6O4/c1-35(2,3)45-34(42)26-8-10-30-31(17-26)41(20-28-13-16-43-28)32(37-30)21-39-14-11-25(12-15-39)29-5-4-6-33(38-29)44-22-24-7-9-27-18-36-23-40(27)19-24/h4-10,17-19,23,25,28H,11-16,20-22H2,1-3H3. The van der Waals surface area contributed by atoms with Gasteiger partial charge in [-0.3, -0.25) is 4.90 Å². The molecule has 234 valence electrons. The van der Waals surface area contributed by atoms with Crippen molar-refractivity contribution in [1.82, 2.24) is 28.8 Å². The zero-order valence-corrected chi connectivity index (χ0v) is 26.2. The molecule has 4 aromatic heterocycles. The molecule has 0 radical (unpaired) electrons. The highest BCUT2D eigenvalue weighted by Gasteiger charge is 2.27. The van der Waals surface area contributed by atoms with Crippen LogP contribution in [-0.4, -0.2) is 66.2 Å². The van der Waals surface area contributed by atoms with Crippen molar-refractivity contribution in [1.29, 1.82) is 0 Å². The molecule has 0 bridgehead atoms.